The number of amides is 1. The van der Waals surface area contributed by atoms with Crippen molar-refractivity contribution in [2.75, 3.05) is 5.32 Å². The van der Waals surface area contributed by atoms with E-state index in [1.807, 2.05) is 74.6 Å². The van der Waals surface area contributed by atoms with Gasteiger partial charge < -0.3 is 5.32 Å². The zero-order valence-electron chi connectivity index (χ0n) is 13.6. The quantitative estimate of drug-likeness (QED) is 0.725. The molecule has 1 saturated carbocycles. The molecule has 0 bridgehead atoms. The van der Waals surface area contributed by atoms with Gasteiger partial charge in [-0.05, 0) is 31.0 Å². The maximum absolute atomic E-state index is 11.3. The second-order valence-electron chi connectivity index (χ2n) is 5.09. The third kappa shape index (κ3) is 5.25. The number of aromatic nitrogens is 2. The third-order valence-electron chi connectivity index (χ3n) is 3.34. The Balaban J connectivity index is 0.000000155. The van der Waals surface area contributed by atoms with Gasteiger partial charge in [-0.2, -0.15) is 5.10 Å². The van der Waals surface area contributed by atoms with E-state index in [-0.39, 0.29) is 11.8 Å². The second kappa shape index (κ2) is 8.73. The van der Waals surface area contributed by atoms with Gasteiger partial charge in [-0.1, -0.05) is 50.2 Å². The molecule has 120 valence electrons. The molecular formula is C19H23N3O. The molecular weight excluding hydrogens is 286 g/mol. The smallest absolute Gasteiger partial charge is 0.227 e. The number of anilines is 1. The lowest BCUT2D eigenvalue weighted by molar-refractivity contribution is -0.117. The number of carbonyl (C=O) groups excluding carboxylic acids is 1. The molecule has 0 spiro atoms. The van der Waals surface area contributed by atoms with Crippen molar-refractivity contribution in [3.8, 4) is 0 Å². The van der Waals surface area contributed by atoms with Gasteiger partial charge in [-0.3, -0.25) is 9.89 Å². The van der Waals surface area contributed by atoms with Crippen LogP contribution in [0.2, 0.25) is 0 Å². The van der Waals surface area contributed by atoms with Gasteiger partial charge in [0.1, 0.15) is 0 Å². The molecule has 23 heavy (non-hydrogen) atoms. The highest BCUT2D eigenvalue weighted by atomic mass is 16.2. The number of para-hydroxylation sites is 2. The van der Waals surface area contributed by atoms with Crippen molar-refractivity contribution in [1.29, 1.82) is 0 Å². The number of nitrogens with zero attached hydrogens (tertiary/aromatic N) is 1. The highest BCUT2D eigenvalue weighted by Gasteiger charge is 2.29. The van der Waals surface area contributed by atoms with E-state index in [0.717, 1.165) is 29.4 Å². The fraction of sp³-hybridized carbons (Fsp3) is 0.263. The fourth-order valence-electron chi connectivity index (χ4n) is 1.99. The number of hydrogen-bond acceptors (Lipinski definition) is 2. The van der Waals surface area contributed by atoms with Crippen molar-refractivity contribution in [2.45, 2.75) is 26.7 Å². The molecule has 0 radical (unpaired) electrons. The van der Waals surface area contributed by atoms with Crippen molar-refractivity contribution in [3.63, 3.8) is 0 Å². The van der Waals surface area contributed by atoms with Crippen LogP contribution in [0.5, 0.6) is 0 Å². The Labute approximate surface area is 136 Å². The Morgan fingerprint density at radius 3 is 2.35 bits per heavy atom. The summed E-state index contributed by atoms with van der Waals surface area (Å²) in [6, 6.07) is 17.6. The van der Waals surface area contributed by atoms with Gasteiger partial charge in [0.2, 0.25) is 5.91 Å². The minimum absolute atomic E-state index is 0.168. The number of rotatable bonds is 2. The van der Waals surface area contributed by atoms with Gasteiger partial charge in [0.05, 0.1) is 11.7 Å². The monoisotopic (exact) mass is 309 g/mol. The van der Waals surface area contributed by atoms with E-state index in [2.05, 4.69) is 15.5 Å². The van der Waals surface area contributed by atoms with Gasteiger partial charge in [-0.15, -0.1) is 0 Å². The second-order valence-corrected chi connectivity index (χ2v) is 5.09. The summed E-state index contributed by atoms with van der Waals surface area (Å²) in [6.07, 6.45) is 3.92. The number of benzene rings is 2. The van der Waals surface area contributed by atoms with Gasteiger partial charge in [0.15, 0.2) is 0 Å². The fourth-order valence-corrected chi connectivity index (χ4v) is 1.99. The average molecular weight is 309 g/mol. The van der Waals surface area contributed by atoms with Crippen LogP contribution >= 0.6 is 0 Å². The summed E-state index contributed by atoms with van der Waals surface area (Å²) in [5.74, 6) is 0.450. The number of hydrogen-bond donors (Lipinski definition) is 2. The van der Waals surface area contributed by atoms with Crippen molar-refractivity contribution in [2.24, 2.45) is 5.92 Å². The van der Waals surface area contributed by atoms with Crippen LogP contribution in [0.15, 0.2) is 60.8 Å². The maximum atomic E-state index is 11.3. The first-order chi connectivity index (χ1) is 11.3. The molecule has 0 aliphatic heterocycles. The molecule has 1 aromatic heterocycles. The molecule has 1 heterocycles. The summed E-state index contributed by atoms with van der Waals surface area (Å²) >= 11 is 0. The van der Waals surface area contributed by atoms with Crippen molar-refractivity contribution in [3.05, 3.63) is 60.8 Å². The Bertz CT molecular complexity index is 687. The van der Waals surface area contributed by atoms with Crippen LogP contribution in [-0.2, 0) is 4.79 Å². The molecule has 4 heteroatoms. The number of aromatic amines is 1. The first-order valence-electron chi connectivity index (χ1n) is 8.07. The molecule has 2 aromatic carbocycles. The highest BCUT2D eigenvalue weighted by Crippen LogP contribution is 2.30. The van der Waals surface area contributed by atoms with Crippen LogP contribution in [-0.4, -0.2) is 16.1 Å². The molecule has 1 fully saturated rings. The predicted molar refractivity (Wildman–Crippen MR) is 95.2 cm³/mol. The highest BCUT2D eigenvalue weighted by molar-refractivity contribution is 5.93. The Hall–Kier alpha value is -2.62. The van der Waals surface area contributed by atoms with E-state index in [0.29, 0.717) is 0 Å². The summed E-state index contributed by atoms with van der Waals surface area (Å²) < 4.78 is 0. The lowest BCUT2D eigenvalue weighted by Gasteiger charge is -2.01. The van der Waals surface area contributed by atoms with Crippen molar-refractivity contribution in [1.82, 2.24) is 10.2 Å². The minimum Gasteiger partial charge on any atom is -0.326 e. The van der Waals surface area contributed by atoms with Gasteiger partial charge in [-0.25, -0.2) is 0 Å². The number of carbonyl (C=O) groups is 1. The average Bonchev–Trinajstić information content (AvgIpc) is 3.36. The number of nitrogens with one attached hydrogen (secondary N) is 2. The summed E-state index contributed by atoms with van der Waals surface area (Å²) in [6.45, 7) is 4.00. The molecule has 0 saturated heterocycles. The Morgan fingerprint density at radius 2 is 1.70 bits per heavy atom. The van der Waals surface area contributed by atoms with E-state index in [9.17, 15) is 4.79 Å². The standard InChI is InChI=1S/C10H11NO.C7H6N2.C2H6/c12-10(8-6-7-8)11-9-4-2-1-3-5-9;1-2-4-7-6(3-1)5-8-9-7;1-2/h1-5,8H,6-7H2,(H,11,12);1-5H,(H,8,9);1-2H3. The van der Waals surface area contributed by atoms with E-state index < -0.39 is 0 Å². The predicted octanol–water partition coefficient (Wildman–Crippen LogP) is 4.62. The zero-order valence-corrected chi connectivity index (χ0v) is 13.6. The minimum atomic E-state index is 0.168. The lowest BCUT2D eigenvalue weighted by atomic mass is 10.3. The molecule has 3 aromatic rings. The zero-order chi connectivity index (χ0) is 16.5. The largest absolute Gasteiger partial charge is 0.326 e. The van der Waals surface area contributed by atoms with Gasteiger partial charge in [0, 0.05) is 17.0 Å². The third-order valence-corrected chi connectivity index (χ3v) is 3.34. The first kappa shape index (κ1) is 16.7. The van der Waals surface area contributed by atoms with Crippen LogP contribution in [0.1, 0.15) is 26.7 Å². The Kier molecular flexibility index (Phi) is 6.36. The lowest BCUT2D eigenvalue weighted by Crippen LogP contribution is -2.12. The van der Waals surface area contributed by atoms with Gasteiger partial charge in [0.25, 0.3) is 0 Å². The van der Waals surface area contributed by atoms with E-state index in [1.165, 1.54) is 0 Å². The molecule has 4 rings (SSSR count). The maximum Gasteiger partial charge on any atom is 0.227 e. The summed E-state index contributed by atoms with van der Waals surface area (Å²) in [5, 5.41) is 10.8. The normalized spacial score (nSPS) is 12.4. The molecule has 2 N–H and O–H groups in total. The molecule has 1 aliphatic carbocycles. The van der Waals surface area contributed by atoms with Crippen molar-refractivity contribution >= 4 is 22.5 Å². The molecule has 4 nitrogen and oxygen atoms in total. The van der Waals surface area contributed by atoms with Crippen LogP contribution in [0.3, 0.4) is 0 Å². The summed E-state index contributed by atoms with van der Waals surface area (Å²) in [5.41, 5.74) is 1.99. The van der Waals surface area contributed by atoms with Crippen LogP contribution in [0.4, 0.5) is 5.69 Å². The number of fused-ring (bicyclic) bond motifs is 1. The van der Waals surface area contributed by atoms with Crippen LogP contribution < -0.4 is 5.32 Å². The van der Waals surface area contributed by atoms with Crippen molar-refractivity contribution < 1.29 is 4.79 Å². The SMILES string of the molecule is CC.O=C(Nc1ccccc1)C1CC1.c1ccc2[nH]ncc2c1. The van der Waals surface area contributed by atoms with E-state index in [4.69, 9.17) is 0 Å². The van der Waals surface area contributed by atoms with Gasteiger partial charge >= 0.3 is 0 Å². The molecule has 1 amide bonds. The topological polar surface area (TPSA) is 57.8 Å². The van der Waals surface area contributed by atoms with E-state index >= 15 is 0 Å². The molecule has 1 aliphatic rings. The number of H-pyrrole nitrogens is 1. The van der Waals surface area contributed by atoms with Crippen LogP contribution in [0, 0.1) is 5.92 Å². The molecule has 0 unspecified atom stereocenters. The Morgan fingerprint density at radius 1 is 1.04 bits per heavy atom. The first-order valence-corrected chi connectivity index (χ1v) is 8.07. The summed E-state index contributed by atoms with van der Waals surface area (Å²) in [7, 11) is 0. The summed E-state index contributed by atoms with van der Waals surface area (Å²) in [4.78, 5) is 11.3. The molecule has 0 atom stereocenters. The van der Waals surface area contributed by atoms with E-state index in [1.54, 1.807) is 0 Å². The van der Waals surface area contributed by atoms with Crippen LogP contribution in [0.25, 0.3) is 10.9 Å².